The van der Waals surface area contributed by atoms with Crippen molar-refractivity contribution in [3.63, 3.8) is 0 Å². The van der Waals surface area contributed by atoms with Crippen LogP contribution in [0.3, 0.4) is 0 Å². The van der Waals surface area contributed by atoms with Gasteiger partial charge in [0.1, 0.15) is 11.8 Å². The summed E-state index contributed by atoms with van der Waals surface area (Å²) >= 11 is 0. The van der Waals surface area contributed by atoms with Crippen LogP contribution in [0, 0.1) is 11.3 Å². The van der Waals surface area contributed by atoms with E-state index >= 15 is 0 Å². The van der Waals surface area contributed by atoms with Crippen LogP contribution in [0.25, 0.3) is 0 Å². The maximum atomic E-state index is 9.30. The van der Waals surface area contributed by atoms with Crippen molar-refractivity contribution in [3.8, 4) is 11.8 Å². The molecule has 0 radical (unpaired) electrons. The number of nitrogens with zero attached hydrogens (tertiary/aromatic N) is 3. The summed E-state index contributed by atoms with van der Waals surface area (Å²) in [5, 5.41) is 9.30. The predicted octanol–water partition coefficient (Wildman–Crippen LogP) is 3.83. The van der Waals surface area contributed by atoms with Crippen molar-refractivity contribution in [3.05, 3.63) is 53.1 Å². The van der Waals surface area contributed by atoms with Crippen LogP contribution < -0.4 is 4.74 Å². The molecule has 0 aliphatic rings. The molecule has 2 aromatic rings. The molecule has 0 saturated carbocycles. The van der Waals surface area contributed by atoms with Gasteiger partial charge in [-0.3, -0.25) is 9.97 Å². The fourth-order valence-corrected chi connectivity index (χ4v) is 2.47. The van der Waals surface area contributed by atoms with Gasteiger partial charge in [-0.25, -0.2) is 0 Å². The van der Waals surface area contributed by atoms with Gasteiger partial charge in [-0.2, -0.15) is 5.26 Å². The molecular weight excluding hydrogens is 274 g/mol. The second-order valence-corrected chi connectivity index (χ2v) is 5.73. The number of methoxy groups -OCH3 is 1. The van der Waals surface area contributed by atoms with Gasteiger partial charge in [0.25, 0.3) is 0 Å². The summed E-state index contributed by atoms with van der Waals surface area (Å²) in [6.07, 6.45) is 4.18. The summed E-state index contributed by atoms with van der Waals surface area (Å²) in [7, 11) is 1.65. The normalized spacial score (nSPS) is 12.0. The van der Waals surface area contributed by atoms with Crippen molar-refractivity contribution >= 4 is 0 Å². The second-order valence-electron chi connectivity index (χ2n) is 5.73. The summed E-state index contributed by atoms with van der Waals surface area (Å²) in [5.41, 5.74) is 3.57. The number of rotatable bonds is 5. The van der Waals surface area contributed by atoms with Crippen molar-refractivity contribution in [1.82, 2.24) is 9.97 Å². The number of hydrogen-bond donors (Lipinski definition) is 0. The Balaban J connectivity index is 2.33. The van der Waals surface area contributed by atoms with E-state index in [0.29, 0.717) is 11.5 Å². The number of aromatic nitrogens is 2. The molecule has 0 N–H and O–H groups in total. The fraction of sp³-hybridized carbons (Fsp3) is 0.389. The summed E-state index contributed by atoms with van der Waals surface area (Å²) < 4.78 is 5.38. The van der Waals surface area contributed by atoms with E-state index < -0.39 is 0 Å². The summed E-state index contributed by atoms with van der Waals surface area (Å²) in [5.74, 6) is 1.28. The van der Waals surface area contributed by atoms with Gasteiger partial charge >= 0.3 is 0 Å². The lowest BCUT2D eigenvalue weighted by Crippen LogP contribution is -2.06. The Morgan fingerprint density at radius 1 is 1.27 bits per heavy atom. The molecule has 0 fully saturated rings. The van der Waals surface area contributed by atoms with Gasteiger partial charge in [-0.1, -0.05) is 20.8 Å². The van der Waals surface area contributed by atoms with E-state index in [9.17, 15) is 5.26 Å². The molecule has 0 spiro atoms. The zero-order valence-corrected chi connectivity index (χ0v) is 13.5. The molecule has 0 saturated heterocycles. The molecule has 2 aromatic heterocycles. The molecule has 2 heterocycles. The van der Waals surface area contributed by atoms with Crippen LogP contribution in [0.5, 0.6) is 5.75 Å². The van der Waals surface area contributed by atoms with Crippen LogP contribution in [0.2, 0.25) is 0 Å². The van der Waals surface area contributed by atoms with Crippen LogP contribution in [0.4, 0.5) is 0 Å². The maximum Gasteiger partial charge on any atom is 0.140 e. The highest BCUT2D eigenvalue weighted by Gasteiger charge is 2.16. The van der Waals surface area contributed by atoms with Gasteiger partial charge in [0.2, 0.25) is 0 Å². The molecule has 0 aromatic carbocycles. The quantitative estimate of drug-likeness (QED) is 0.841. The van der Waals surface area contributed by atoms with Gasteiger partial charge in [0, 0.05) is 24.0 Å². The Bertz CT molecular complexity index is 689. The second kappa shape index (κ2) is 7.04. The predicted molar refractivity (Wildman–Crippen MR) is 85.9 cm³/mol. The first kappa shape index (κ1) is 16.0. The monoisotopic (exact) mass is 295 g/mol. The lowest BCUT2D eigenvalue weighted by atomic mass is 9.93. The fourth-order valence-electron chi connectivity index (χ4n) is 2.47. The standard InChI is InChI=1S/C18H21N3O/c1-12(2)16-9-14(15(10-19)11-21-16)8-13(3)18-17(22-4)6-5-7-20-18/h5-7,9,11-13H,8H2,1-4H3. The van der Waals surface area contributed by atoms with Gasteiger partial charge < -0.3 is 4.74 Å². The number of pyridine rings is 2. The van der Waals surface area contributed by atoms with Gasteiger partial charge in [0.15, 0.2) is 0 Å². The number of ether oxygens (including phenoxy) is 1. The summed E-state index contributed by atoms with van der Waals surface area (Å²) in [6, 6.07) is 8.04. The van der Waals surface area contributed by atoms with Crippen molar-refractivity contribution in [2.24, 2.45) is 0 Å². The zero-order valence-electron chi connectivity index (χ0n) is 13.5. The third-order valence-corrected chi connectivity index (χ3v) is 3.74. The molecule has 1 atom stereocenters. The van der Waals surface area contributed by atoms with E-state index in [0.717, 1.165) is 29.1 Å². The molecule has 0 bridgehead atoms. The topological polar surface area (TPSA) is 58.8 Å². The first-order valence-electron chi connectivity index (χ1n) is 7.44. The highest BCUT2D eigenvalue weighted by atomic mass is 16.5. The Labute approximate surface area is 131 Å². The first-order chi connectivity index (χ1) is 10.6. The van der Waals surface area contributed by atoms with Gasteiger partial charge in [0.05, 0.1) is 18.4 Å². The molecule has 0 amide bonds. The van der Waals surface area contributed by atoms with Crippen molar-refractivity contribution < 1.29 is 4.74 Å². The average Bonchev–Trinajstić information content (AvgIpc) is 2.54. The third-order valence-electron chi connectivity index (χ3n) is 3.74. The highest BCUT2D eigenvalue weighted by molar-refractivity contribution is 5.39. The molecule has 4 nitrogen and oxygen atoms in total. The van der Waals surface area contributed by atoms with Gasteiger partial charge in [-0.15, -0.1) is 0 Å². The van der Waals surface area contributed by atoms with E-state index in [2.05, 4.69) is 36.8 Å². The lowest BCUT2D eigenvalue weighted by Gasteiger charge is -2.16. The average molecular weight is 295 g/mol. The van der Waals surface area contributed by atoms with E-state index in [1.54, 1.807) is 19.5 Å². The maximum absolute atomic E-state index is 9.30. The minimum Gasteiger partial charge on any atom is -0.495 e. The largest absolute Gasteiger partial charge is 0.495 e. The van der Waals surface area contributed by atoms with Crippen molar-refractivity contribution in [2.75, 3.05) is 7.11 Å². The summed E-state index contributed by atoms with van der Waals surface area (Å²) in [4.78, 5) is 8.80. The highest BCUT2D eigenvalue weighted by Crippen LogP contribution is 2.28. The number of nitriles is 1. The van der Waals surface area contributed by atoms with Crippen LogP contribution in [0.1, 0.15) is 55.1 Å². The van der Waals surface area contributed by atoms with Gasteiger partial charge in [-0.05, 0) is 36.1 Å². The van der Waals surface area contributed by atoms with Crippen LogP contribution in [0.15, 0.2) is 30.6 Å². The van der Waals surface area contributed by atoms with E-state index in [-0.39, 0.29) is 5.92 Å². The van der Waals surface area contributed by atoms with E-state index in [4.69, 9.17) is 4.74 Å². The first-order valence-corrected chi connectivity index (χ1v) is 7.44. The Morgan fingerprint density at radius 2 is 2.05 bits per heavy atom. The van der Waals surface area contributed by atoms with Crippen molar-refractivity contribution in [2.45, 2.75) is 39.0 Å². The lowest BCUT2D eigenvalue weighted by molar-refractivity contribution is 0.402. The number of hydrogen-bond acceptors (Lipinski definition) is 4. The smallest absolute Gasteiger partial charge is 0.140 e. The van der Waals surface area contributed by atoms with E-state index in [1.807, 2.05) is 18.2 Å². The SMILES string of the molecule is COc1cccnc1C(C)Cc1cc(C(C)C)ncc1C#N. The van der Waals surface area contributed by atoms with Crippen LogP contribution >= 0.6 is 0 Å². The van der Waals surface area contributed by atoms with Crippen LogP contribution in [-0.4, -0.2) is 17.1 Å². The van der Waals surface area contributed by atoms with Crippen molar-refractivity contribution in [1.29, 1.82) is 5.26 Å². The molecule has 2 rings (SSSR count). The molecule has 0 aliphatic carbocycles. The molecule has 1 unspecified atom stereocenters. The molecular formula is C18H21N3O. The van der Waals surface area contributed by atoms with Crippen LogP contribution in [-0.2, 0) is 6.42 Å². The minimum atomic E-state index is 0.158. The molecule has 114 valence electrons. The Hall–Kier alpha value is -2.41. The molecule has 22 heavy (non-hydrogen) atoms. The minimum absolute atomic E-state index is 0.158. The zero-order chi connectivity index (χ0) is 16.1. The van der Waals surface area contributed by atoms with E-state index in [1.165, 1.54) is 0 Å². The third kappa shape index (κ3) is 3.43. The summed E-state index contributed by atoms with van der Waals surface area (Å²) in [6.45, 7) is 6.30. The Morgan fingerprint density at radius 3 is 2.68 bits per heavy atom. The molecule has 0 aliphatic heterocycles. The molecule has 4 heteroatoms. The Kier molecular flexibility index (Phi) is 5.11.